The Morgan fingerprint density at radius 2 is 1.66 bits per heavy atom. The Morgan fingerprint density at radius 1 is 0.969 bits per heavy atom. The van der Waals surface area contributed by atoms with E-state index in [4.69, 9.17) is 18.9 Å². The third-order valence-electron chi connectivity index (χ3n) is 4.63. The summed E-state index contributed by atoms with van der Waals surface area (Å²) < 4.78 is 21.7. The highest BCUT2D eigenvalue weighted by molar-refractivity contribution is 5.75. The molecule has 0 radical (unpaired) electrons. The van der Waals surface area contributed by atoms with Crippen LogP contribution in [-0.4, -0.2) is 57.3 Å². The molecule has 2 rings (SSSR count). The Hall–Kier alpha value is -2.90. The number of hydrogen-bond acceptors (Lipinski definition) is 7. The highest BCUT2D eigenvalue weighted by atomic mass is 16.6. The molecule has 0 heterocycles. The molecule has 32 heavy (non-hydrogen) atoms. The normalized spacial score (nSPS) is 11.0. The van der Waals surface area contributed by atoms with Gasteiger partial charge >= 0.3 is 11.9 Å². The SMILES string of the molecule is Cc1cc(OCCN(C)C)c(C(C)C)cc1OC(=O)COCC(=O)OCc1ccccc1. The van der Waals surface area contributed by atoms with Gasteiger partial charge in [0.25, 0.3) is 0 Å². The van der Waals surface area contributed by atoms with Crippen molar-refractivity contribution in [1.82, 2.24) is 4.90 Å². The quantitative estimate of drug-likeness (QED) is 0.366. The molecule has 0 saturated heterocycles. The van der Waals surface area contributed by atoms with Crippen LogP contribution < -0.4 is 9.47 Å². The Kier molecular flexibility index (Phi) is 10.2. The lowest BCUT2D eigenvalue weighted by Crippen LogP contribution is -2.21. The third-order valence-corrected chi connectivity index (χ3v) is 4.63. The number of esters is 2. The van der Waals surface area contributed by atoms with Crippen LogP contribution in [0.1, 0.15) is 36.5 Å². The van der Waals surface area contributed by atoms with Gasteiger partial charge in [0.05, 0.1) is 0 Å². The fourth-order valence-corrected chi connectivity index (χ4v) is 2.85. The van der Waals surface area contributed by atoms with Gasteiger partial charge in [-0.3, -0.25) is 0 Å². The van der Waals surface area contributed by atoms with Crippen LogP contribution in [0.2, 0.25) is 0 Å². The molecule has 174 valence electrons. The van der Waals surface area contributed by atoms with E-state index >= 15 is 0 Å². The van der Waals surface area contributed by atoms with Crippen molar-refractivity contribution >= 4 is 11.9 Å². The van der Waals surface area contributed by atoms with E-state index in [2.05, 4.69) is 18.7 Å². The van der Waals surface area contributed by atoms with Crippen LogP contribution in [0.4, 0.5) is 0 Å². The molecule has 7 nitrogen and oxygen atoms in total. The van der Waals surface area contributed by atoms with Crippen molar-refractivity contribution in [2.75, 3.05) is 40.5 Å². The molecule has 0 saturated carbocycles. The van der Waals surface area contributed by atoms with E-state index in [1.54, 1.807) is 0 Å². The molecule has 0 fully saturated rings. The number of ether oxygens (including phenoxy) is 4. The van der Waals surface area contributed by atoms with Crippen molar-refractivity contribution < 1.29 is 28.5 Å². The van der Waals surface area contributed by atoms with Gasteiger partial charge in [0.15, 0.2) is 0 Å². The Balaban J connectivity index is 1.84. The second-order valence-corrected chi connectivity index (χ2v) is 8.08. The van der Waals surface area contributed by atoms with Crippen LogP contribution in [0.3, 0.4) is 0 Å². The molecule has 2 aromatic carbocycles. The van der Waals surface area contributed by atoms with Gasteiger partial charge in [-0.25, -0.2) is 9.59 Å². The number of carbonyl (C=O) groups is 2. The molecule has 0 N–H and O–H groups in total. The molecule has 2 aromatic rings. The lowest BCUT2D eigenvalue weighted by atomic mass is 10.00. The predicted molar refractivity (Wildman–Crippen MR) is 122 cm³/mol. The minimum Gasteiger partial charge on any atom is -0.492 e. The van der Waals surface area contributed by atoms with Gasteiger partial charge in [0, 0.05) is 12.1 Å². The van der Waals surface area contributed by atoms with Crippen LogP contribution in [0.25, 0.3) is 0 Å². The maximum Gasteiger partial charge on any atom is 0.337 e. The van der Waals surface area contributed by atoms with Gasteiger partial charge < -0.3 is 23.8 Å². The number of carbonyl (C=O) groups excluding carboxylic acids is 2. The Bertz CT molecular complexity index is 880. The summed E-state index contributed by atoms with van der Waals surface area (Å²) in [5, 5.41) is 0. The lowest BCUT2D eigenvalue weighted by Gasteiger charge is -2.18. The van der Waals surface area contributed by atoms with Crippen molar-refractivity contribution in [3.63, 3.8) is 0 Å². The van der Waals surface area contributed by atoms with Crippen LogP contribution >= 0.6 is 0 Å². The number of rotatable bonds is 12. The third kappa shape index (κ3) is 8.69. The van der Waals surface area contributed by atoms with E-state index in [-0.39, 0.29) is 25.7 Å². The summed E-state index contributed by atoms with van der Waals surface area (Å²) in [5.74, 6) is 0.308. The van der Waals surface area contributed by atoms with Crippen LogP contribution in [0.5, 0.6) is 11.5 Å². The van der Waals surface area contributed by atoms with E-state index in [1.807, 2.05) is 63.5 Å². The molecule has 7 heteroatoms. The van der Waals surface area contributed by atoms with Gasteiger partial charge in [-0.2, -0.15) is 0 Å². The molecular formula is C25H33NO6. The van der Waals surface area contributed by atoms with E-state index < -0.39 is 11.9 Å². The average Bonchev–Trinajstić information content (AvgIpc) is 2.74. The molecule has 0 spiro atoms. The van der Waals surface area contributed by atoms with Crippen LogP contribution in [-0.2, 0) is 25.7 Å². The first kappa shape index (κ1) is 25.4. The molecular weight excluding hydrogens is 410 g/mol. The molecule has 0 aliphatic heterocycles. The maximum atomic E-state index is 12.2. The first-order valence-corrected chi connectivity index (χ1v) is 10.7. The fourth-order valence-electron chi connectivity index (χ4n) is 2.85. The number of benzene rings is 2. The smallest absolute Gasteiger partial charge is 0.337 e. The lowest BCUT2D eigenvalue weighted by molar-refractivity contribution is -0.153. The van der Waals surface area contributed by atoms with Gasteiger partial charge in [-0.05, 0) is 50.2 Å². The molecule has 0 unspecified atom stereocenters. The Morgan fingerprint density at radius 3 is 2.31 bits per heavy atom. The Labute approximate surface area is 190 Å². The minimum absolute atomic E-state index is 0.160. The van der Waals surface area contributed by atoms with Crippen molar-refractivity contribution in [2.24, 2.45) is 0 Å². The number of nitrogens with zero attached hydrogens (tertiary/aromatic N) is 1. The molecule has 0 aromatic heterocycles. The van der Waals surface area contributed by atoms with E-state index in [0.717, 1.165) is 29.0 Å². The van der Waals surface area contributed by atoms with Gasteiger partial charge in [-0.1, -0.05) is 44.2 Å². The van der Waals surface area contributed by atoms with Crippen molar-refractivity contribution in [2.45, 2.75) is 33.3 Å². The molecule has 0 amide bonds. The summed E-state index contributed by atoms with van der Waals surface area (Å²) in [7, 11) is 3.98. The van der Waals surface area contributed by atoms with Crippen LogP contribution in [0.15, 0.2) is 42.5 Å². The number of hydrogen-bond donors (Lipinski definition) is 0. The number of likely N-dealkylation sites (N-methyl/N-ethyl adjacent to an activating group) is 1. The van der Waals surface area contributed by atoms with Gasteiger partial charge in [0.1, 0.15) is 37.9 Å². The van der Waals surface area contributed by atoms with Crippen molar-refractivity contribution in [3.8, 4) is 11.5 Å². The number of aryl methyl sites for hydroxylation is 1. The zero-order valence-electron chi connectivity index (χ0n) is 19.6. The van der Waals surface area contributed by atoms with Crippen molar-refractivity contribution in [3.05, 3.63) is 59.2 Å². The fraction of sp³-hybridized carbons (Fsp3) is 0.440. The first-order chi connectivity index (χ1) is 15.3. The predicted octanol–water partition coefficient (Wildman–Crippen LogP) is 3.72. The first-order valence-electron chi connectivity index (χ1n) is 10.7. The second kappa shape index (κ2) is 12.8. The zero-order valence-corrected chi connectivity index (χ0v) is 19.6. The second-order valence-electron chi connectivity index (χ2n) is 8.08. The molecule has 0 bridgehead atoms. The topological polar surface area (TPSA) is 74.3 Å². The van der Waals surface area contributed by atoms with Crippen LogP contribution in [0, 0.1) is 6.92 Å². The molecule has 0 aliphatic rings. The van der Waals surface area contributed by atoms with Crippen molar-refractivity contribution in [1.29, 1.82) is 0 Å². The highest BCUT2D eigenvalue weighted by Gasteiger charge is 2.16. The summed E-state index contributed by atoms with van der Waals surface area (Å²) in [4.78, 5) is 26.0. The molecule has 0 aliphatic carbocycles. The highest BCUT2D eigenvalue weighted by Crippen LogP contribution is 2.33. The summed E-state index contributed by atoms with van der Waals surface area (Å²) in [6, 6.07) is 13.1. The average molecular weight is 444 g/mol. The van der Waals surface area contributed by atoms with E-state index in [9.17, 15) is 9.59 Å². The summed E-state index contributed by atoms with van der Waals surface area (Å²) in [5.41, 5.74) is 2.62. The zero-order chi connectivity index (χ0) is 23.5. The maximum absolute atomic E-state index is 12.2. The van der Waals surface area contributed by atoms with E-state index in [1.165, 1.54) is 0 Å². The summed E-state index contributed by atoms with van der Waals surface area (Å²) >= 11 is 0. The van der Waals surface area contributed by atoms with Gasteiger partial charge in [0.2, 0.25) is 0 Å². The minimum atomic E-state index is -0.583. The monoisotopic (exact) mass is 443 g/mol. The summed E-state index contributed by atoms with van der Waals surface area (Å²) in [6.45, 7) is 6.83. The van der Waals surface area contributed by atoms with E-state index in [0.29, 0.717) is 12.4 Å². The largest absolute Gasteiger partial charge is 0.492 e. The standard InChI is InChI=1S/C25H33NO6/c1-18(2)21-14-22(19(3)13-23(21)30-12-11-26(4)5)32-25(28)17-29-16-24(27)31-15-20-9-7-6-8-10-20/h6-10,13-14,18H,11-12,15-17H2,1-5H3. The summed E-state index contributed by atoms with van der Waals surface area (Å²) in [6.07, 6.45) is 0. The van der Waals surface area contributed by atoms with Gasteiger partial charge in [-0.15, -0.1) is 0 Å². The molecule has 0 atom stereocenters.